The summed E-state index contributed by atoms with van der Waals surface area (Å²) in [6.07, 6.45) is 2.06. The first-order valence-corrected chi connectivity index (χ1v) is 9.67. The maximum absolute atomic E-state index is 11.4. The van der Waals surface area contributed by atoms with Gasteiger partial charge in [-0.25, -0.2) is 16.8 Å². The zero-order chi connectivity index (χ0) is 20.4. The molecule has 0 aliphatic rings. The number of nitro groups is 1. The fourth-order valence-electron chi connectivity index (χ4n) is 2.13. The average molecular weight is 454 g/mol. The summed E-state index contributed by atoms with van der Waals surface area (Å²) in [5, 5.41) is 19.6. The molecule has 29 heavy (non-hydrogen) atoms. The molecule has 10 nitrogen and oxygen atoms in total. The fraction of sp³-hybridized carbons (Fsp3) is 0. The molecule has 0 aliphatic heterocycles. The van der Waals surface area contributed by atoms with E-state index in [4.69, 9.17) is 5.26 Å². The summed E-state index contributed by atoms with van der Waals surface area (Å²) in [7, 11) is -10.0. The molecule has 0 saturated carbocycles. The zero-order valence-corrected chi connectivity index (χ0v) is 20.7. The largest absolute Gasteiger partial charge is 1.00 e. The van der Waals surface area contributed by atoms with Crippen molar-refractivity contribution >= 4 is 38.1 Å². The van der Waals surface area contributed by atoms with Crippen molar-refractivity contribution in [3.63, 3.8) is 0 Å². The van der Waals surface area contributed by atoms with Crippen LogP contribution < -0.4 is 59.1 Å². The molecule has 0 aliphatic carbocycles. The van der Waals surface area contributed by atoms with E-state index in [1.165, 1.54) is 6.07 Å². The van der Waals surface area contributed by atoms with E-state index in [2.05, 4.69) is 0 Å². The van der Waals surface area contributed by atoms with Gasteiger partial charge in [0.15, 0.2) is 0 Å². The summed E-state index contributed by atoms with van der Waals surface area (Å²) < 4.78 is 68.1. The Morgan fingerprint density at radius 3 is 1.72 bits per heavy atom. The maximum atomic E-state index is 11.4. The number of hydrogen-bond donors (Lipinski definition) is 0. The van der Waals surface area contributed by atoms with E-state index in [1.807, 2.05) is 0 Å². The number of nitro benzene ring substituents is 1. The molecule has 140 valence electrons. The van der Waals surface area contributed by atoms with Crippen molar-refractivity contribution in [3.8, 4) is 6.07 Å². The van der Waals surface area contributed by atoms with Gasteiger partial charge in [-0.3, -0.25) is 10.1 Å². The summed E-state index contributed by atoms with van der Waals surface area (Å²) in [6.45, 7) is 0. The molecule has 0 aromatic heterocycles. The number of rotatable bonds is 5. The molecule has 2 rings (SSSR count). The van der Waals surface area contributed by atoms with Gasteiger partial charge in [-0.2, -0.15) is 5.26 Å². The van der Waals surface area contributed by atoms with Crippen molar-refractivity contribution in [2.24, 2.45) is 0 Å². The predicted octanol–water partition coefficient (Wildman–Crippen LogP) is -4.55. The molecule has 0 heterocycles. The van der Waals surface area contributed by atoms with Gasteiger partial charge in [-0.15, -0.1) is 0 Å². The molecule has 0 N–H and O–H groups in total. The summed E-state index contributed by atoms with van der Waals surface area (Å²) >= 11 is 0. The van der Waals surface area contributed by atoms with Crippen LogP contribution in [0.1, 0.15) is 16.7 Å². The Labute approximate surface area is 210 Å². The molecule has 2 aromatic rings. The molecular weight excluding hydrogens is 446 g/mol. The summed E-state index contributed by atoms with van der Waals surface area (Å²) in [6, 6.07) is 7.43. The van der Waals surface area contributed by atoms with E-state index in [0.29, 0.717) is 6.07 Å². The van der Waals surface area contributed by atoms with Crippen LogP contribution in [0.15, 0.2) is 46.2 Å². The van der Waals surface area contributed by atoms with E-state index in [9.17, 15) is 36.1 Å². The van der Waals surface area contributed by atoms with Crippen molar-refractivity contribution in [3.05, 3.63) is 63.2 Å². The quantitative estimate of drug-likeness (QED) is 0.141. The van der Waals surface area contributed by atoms with Gasteiger partial charge in [0, 0.05) is 12.1 Å². The third kappa shape index (κ3) is 7.26. The maximum Gasteiger partial charge on any atom is 1.00 e. The van der Waals surface area contributed by atoms with Gasteiger partial charge in [0.25, 0.3) is 5.69 Å². The van der Waals surface area contributed by atoms with Gasteiger partial charge in [0.05, 0.1) is 26.3 Å². The first kappa shape index (κ1) is 27.9. The first-order valence-electron chi connectivity index (χ1n) is 6.86. The van der Waals surface area contributed by atoms with Gasteiger partial charge in [-0.05, 0) is 29.3 Å². The molecule has 2 aromatic carbocycles. The van der Waals surface area contributed by atoms with Crippen molar-refractivity contribution in [2.75, 3.05) is 0 Å². The minimum absolute atomic E-state index is 0. The Morgan fingerprint density at radius 2 is 1.31 bits per heavy atom. The second kappa shape index (κ2) is 10.8. The number of benzene rings is 2. The topological polar surface area (TPSA) is 181 Å². The summed E-state index contributed by atoms with van der Waals surface area (Å²) in [5.41, 5.74) is -1.10. The van der Waals surface area contributed by atoms with Gasteiger partial charge in [-0.1, -0.05) is 18.2 Å². The monoisotopic (exact) mass is 454 g/mol. The minimum atomic E-state index is -5.07. The smallest absolute Gasteiger partial charge is 0.744 e. The standard InChI is InChI=1S/C15H10N2O8S2.2Na/c16-9-10-1-2-11(14(7-10)26(20,21)22)3-4-12-5-6-13(17(18)19)8-15(12)27(23,24)25;;/h1-8H,(H,20,21,22)(H,23,24,25);;/q;2*+1/p-2/b4-3+;;. The van der Waals surface area contributed by atoms with Crippen molar-refractivity contribution < 1.29 is 90.0 Å². The molecule has 0 bridgehead atoms. The van der Waals surface area contributed by atoms with Crippen LogP contribution in [0.4, 0.5) is 5.69 Å². The third-order valence-corrected chi connectivity index (χ3v) is 5.12. The van der Waals surface area contributed by atoms with E-state index in [-0.39, 0.29) is 75.8 Å². The summed E-state index contributed by atoms with van der Waals surface area (Å²) in [4.78, 5) is 8.27. The van der Waals surface area contributed by atoms with Gasteiger partial charge in [0.2, 0.25) is 0 Å². The normalized spacial score (nSPS) is 11.2. The van der Waals surface area contributed by atoms with Crippen LogP contribution in [-0.4, -0.2) is 30.9 Å². The molecule has 0 radical (unpaired) electrons. The molecule has 14 heteroatoms. The molecule has 0 unspecified atom stereocenters. The van der Waals surface area contributed by atoms with Crippen LogP contribution in [0, 0.1) is 21.4 Å². The van der Waals surface area contributed by atoms with E-state index in [1.54, 1.807) is 6.07 Å². The van der Waals surface area contributed by atoms with E-state index >= 15 is 0 Å². The Hall–Kier alpha value is -1.11. The minimum Gasteiger partial charge on any atom is -0.744 e. The van der Waals surface area contributed by atoms with Crippen LogP contribution in [0.3, 0.4) is 0 Å². The Bertz CT molecular complexity index is 1220. The Kier molecular flexibility index (Phi) is 10.4. The van der Waals surface area contributed by atoms with Gasteiger partial charge >= 0.3 is 59.1 Å². The van der Waals surface area contributed by atoms with Crippen LogP contribution in [0.2, 0.25) is 0 Å². The molecule has 0 saturated heterocycles. The van der Waals surface area contributed by atoms with Crippen LogP contribution in [0.5, 0.6) is 0 Å². The first-order chi connectivity index (χ1) is 12.4. The molecule has 0 fully saturated rings. The number of nitriles is 1. The molecule has 0 spiro atoms. The van der Waals surface area contributed by atoms with E-state index in [0.717, 1.165) is 36.4 Å². The van der Waals surface area contributed by atoms with Crippen molar-refractivity contribution in [2.45, 2.75) is 9.79 Å². The Morgan fingerprint density at radius 1 is 0.862 bits per heavy atom. The SMILES string of the molecule is N#Cc1ccc(/C=C/c2ccc([N+](=O)[O-])cc2S(=O)(=O)[O-])c(S(=O)(=O)[O-])c1.[Na+].[Na+]. The summed E-state index contributed by atoms with van der Waals surface area (Å²) in [5.74, 6) is 0. The van der Waals surface area contributed by atoms with E-state index < -0.39 is 40.6 Å². The second-order valence-corrected chi connectivity index (χ2v) is 7.78. The zero-order valence-electron chi connectivity index (χ0n) is 15.1. The number of hydrogen-bond acceptors (Lipinski definition) is 9. The van der Waals surface area contributed by atoms with Crippen LogP contribution in [-0.2, 0) is 20.2 Å². The third-order valence-electron chi connectivity index (χ3n) is 3.33. The van der Waals surface area contributed by atoms with Gasteiger partial charge in [0.1, 0.15) is 20.2 Å². The van der Waals surface area contributed by atoms with Crippen LogP contribution in [0.25, 0.3) is 12.2 Å². The van der Waals surface area contributed by atoms with Gasteiger partial charge < -0.3 is 9.11 Å². The predicted molar refractivity (Wildman–Crippen MR) is 89.1 cm³/mol. The molecule has 0 amide bonds. The number of nitrogens with zero attached hydrogens (tertiary/aromatic N) is 2. The second-order valence-electron chi connectivity index (χ2n) is 5.09. The van der Waals surface area contributed by atoms with Crippen molar-refractivity contribution in [1.82, 2.24) is 0 Å². The fourth-order valence-corrected chi connectivity index (χ4v) is 3.51. The Balaban J connectivity index is 0.00000392. The molecule has 0 atom stereocenters. The average Bonchev–Trinajstić information content (AvgIpc) is 2.58. The van der Waals surface area contributed by atoms with Crippen molar-refractivity contribution in [1.29, 1.82) is 5.26 Å². The van der Waals surface area contributed by atoms with Crippen LogP contribution >= 0.6 is 0 Å². The molecular formula is C15H8N2Na2O8S2. The number of non-ortho nitro benzene ring substituents is 1.